The van der Waals surface area contributed by atoms with Crippen LogP contribution in [0.5, 0.6) is 0 Å². The summed E-state index contributed by atoms with van der Waals surface area (Å²) in [6.45, 7) is 7.97. The zero-order chi connectivity index (χ0) is 7.98. The molecule has 0 bridgehead atoms. The number of hydrogen-bond donors (Lipinski definition) is 0. The molecule has 0 heterocycles. The first-order valence-corrected chi connectivity index (χ1v) is 4.31. The van der Waals surface area contributed by atoms with Gasteiger partial charge in [-0.1, -0.05) is 31.7 Å². The summed E-state index contributed by atoms with van der Waals surface area (Å²) in [7, 11) is 1.83. The highest BCUT2D eigenvalue weighted by Crippen LogP contribution is 2.17. The number of nitrogens with zero attached hydrogens (tertiary/aromatic N) is 1. The van der Waals surface area contributed by atoms with Crippen molar-refractivity contribution in [3.63, 3.8) is 0 Å². The minimum Gasteiger partial charge on any atom is -0.286 e. The first-order valence-electron chi connectivity index (χ1n) is 3.49. The molecule has 0 unspecified atom stereocenters. The van der Waals surface area contributed by atoms with E-state index in [9.17, 15) is 0 Å². The summed E-state index contributed by atoms with van der Waals surface area (Å²) in [4.78, 5) is 5.26. The van der Waals surface area contributed by atoms with E-state index < -0.39 is 0 Å². The zero-order valence-electron chi connectivity index (χ0n) is 6.98. The lowest BCUT2D eigenvalue weighted by Gasteiger charge is -2.00. The highest BCUT2D eigenvalue weighted by molar-refractivity contribution is 8.17. The van der Waals surface area contributed by atoms with E-state index in [2.05, 4.69) is 18.5 Å². The molecule has 0 aromatic carbocycles. The van der Waals surface area contributed by atoms with Crippen molar-refractivity contribution in [3.8, 4) is 0 Å². The Morgan fingerprint density at radius 1 is 1.60 bits per heavy atom. The van der Waals surface area contributed by atoms with Gasteiger partial charge in [-0.25, -0.2) is 0 Å². The molecule has 1 nitrogen and oxygen atoms in total. The van der Waals surface area contributed by atoms with Crippen molar-refractivity contribution in [2.45, 2.75) is 26.7 Å². The average molecular weight is 157 g/mol. The van der Waals surface area contributed by atoms with Gasteiger partial charge in [0.25, 0.3) is 0 Å². The van der Waals surface area contributed by atoms with Gasteiger partial charge in [-0.2, -0.15) is 0 Å². The summed E-state index contributed by atoms with van der Waals surface area (Å²) in [5.41, 5.74) is 0. The molecule has 0 saturated carbocycles. The van der Waals surface area contributed by atoms with Gasteiger partial charge in [-0.05, 0) is 18.2 Å². The van der Waals surface area contributed by atoms with Crippen LogP contribution in [-0.4, -0.2) is 12.1 Å². The molecule has 2 heteroatoms. The molecule has 10 heavy (non-hydrogen) atoms. The van der Waals surface area contributed by atoms with Gasteiger partial charge >= 0.3 is 0 Å². The molecule has 0 N–H and O–H groups in total. The SMILES string of the molecule is C=C(C)SC(CCC)=NC. The first kappa shape index (κ1) is 9.76. The molecule has 0 aliphatic carbocycles. The minimum atomic E-state index is 1.08. The van der Waals surface area contributed by atoms with Crippen molar-refractivity contribution in [2.75, 3.05) is 7.05 Å². The van der Waals surface area contributed by atoms with Crippen LogP contribution in [0.2, 0.25) is 0 Å². The number of hydrogen-bond acceptors (Lipinski definition) is 2. The zero-order valence-corrected chi connectivity index (χ0v) is 7.79. The second-order valence-corrected chi connectivity index (χ2v) is 3.54. The summed E-state index contributed by atoms with van der Waals surface area (Å²) < 4.78 is 0. The van der Waals surface area contributed by atoms with Crippen LogP contribution in [-0.2, 0) is 0 Å². The van der Waals surface area contributed by atoms with Crippen molar-refractivity contribution in [2.24, 2.45) is 4.99 Å². The summed E-state index contributed by atoms with van der Waals surface area (Å²) >= 11 is 1.68. The molecule has 58 valence electrons. The van der Waals surface area contributed by atoms with Crippen molar-refractivity contribution in [1.82, 2.24) is 0 Å². The van der Waals surface area contributed by atoms with E-state index >= 15 is 0 Å². The fraction of sp³-hybridized carbons (Fsp3) is 0.625. The maximum Gasteiger partial charge on any atom is 0.0716 e. The molecular formula is C8H15NS. The maximum absolute atomic E-state index is 4.14. The summed E-state index contributed by atoms with van der Waals surface area (Å²) in [5.74, 6) is 0. The van der Waals surface area contributed by atoms with Gasteiger partial charge in [0.05, 0.1) is 5.04 Å². The molecule has 0 rings (SSSR count). The maximum atomic E-state index is 4.14. The molecule has 0 aromatic rings. The van der Waals surface area contributed by atoms with Gasteiger partial charge in [0.2, 0.25) is 0 Å². The normalized spacial score (nSPS) is 11.7. The van der Waals surface area contributed by atoms with E-state index in [1.807, 2.05) is 14.0 Å². The van der Waals surface area contributed by atoms with Crippen LogP contribution in [0, 0.1) is 0 Å². The molecule has 0 fully saturated rings. The molecule has 0 aliphatic rings. The van der Waals surface area contributed by atoms with Crippen molar-refractivity contribution in [3.05, 3.63) is 11.5 Å². The molecule has 0 saturated heterocycles. The van der Waals surface area contributed by atoms with Crippen molar-refractivity contribution < 1.29 is 0 Å². The van der Waals surface area contributed by atoms with E-state index in [1.54, 1.807) is 11.8 Å². The first-order chi connectivity index (χ1) is 4.70. The highest BCUT2D eigenvalue weighted by atomic mass is 32.2. The van der Waals surface area contributed by atoms with E-state index in [0.29, 0.717) is 0 Å². The lowest BCUT2D eigenvalue weighted by molar-refractivity contribution is 1.00. The predicted molar refractivity (Wildman–Crippen MR) is 50.7 cm³/mol. The van der Waals surface area contributed by atoms with Gasteiger partial charge in [0, 0.05) is 7.05 Å². The summed E-state index contributed by atoms with van der Waals surface area (Å²) in [5, 5.41) is 1.19. The van der Waals surface area contributed by atoms with Crippen molar-refractivity contribution in [1.29, 1.82) is 0 Å². The third-order valence-electron chi connectivity index (χ3n) is 1.01. The van der Waals surface area contributed by atoms with E-state index in [0.717, 1.165) is 17.7 Å². The number of allylic oxidation sites excluding steroid dienone is 1. The Kier molecular flexibility index (Phi) is 5.40. The Morgan fingerprint density at radius 3 is 2.50 bits per heavy atom. The Labute approximate surface area is 67.6 Å². The van der Waals surface area contributed by atoms with Crippen LogP contribution in [0.25, 0.3) is 0 Å². The predicted octanol–water partition coefficient (Wildman–Crippen LogP) is 3.08. The number of rotatable bonds is 3. The quantitative estimate of drug-likeness (QED) is 0.453. The fourth-order valence-corrected chi connectivity index (χ4v) is 1.42. The smallest absolute Gasteiger partial charge is 0.0716 e. The van der Waals surface area contributed by atoms with Crippen LogP contribution in [0.1, 0.15) is 26.7 Å². The van der Waals surface area contributed by atoms with Gasteiger partial charge in [0.1, 0.15) is 0 Å². The van der Waals surface area contributed by atoms with E-state index in [1.165, 1.54) is 5.04 Å². The van der Waals surface area contributed by atoms with Crippen molar-refractivity contribution >= 4 is 16.8 Å². The molecule has 0 spiro atoms. The van der Waals surface area contributed by atoms with E-state index in [-0.39, 0.29) is 0 Å². The Morgan fingerprint density at radius 2 is 2.20 bits per heavy atom. The second kappa shape index (κ2) is 5.54. The van der Waals surface area contributed by atoms with Crippen LogP contribution in [0.3, 0.4) is 0 Å². The van der Waals surface area contributed by atoms with Gasteiger partial charge in [-0.15, -0.1) is 0 Å². The fourth-order valence-electron chi connectivity index (χ4n) is 0.623. The highest BCUT2D eigenvalue weighted by Gasteiger charge is 1.96. The van der Waals surface area contributed by atoms with Gasteiger partial charge in [0.15, 0.2) is 0 Å². The Hall–Kier alpha value is -0.240. The third kappa shape index (κ3) is 4.62. The van der Waals surface area contributed by atoms with Gasteiger partial charge < -0.3 is 0 Å². The Balaban J connectivity index is 3.73. The minimum absolute atomic E-state index is 1.08. The summed E-state index contributed by atoms with van der Waals surface area (Å²) in [6.07, 6.45) is 2.24. The second-order valence-electron chi connectivity index (χ2n) is 2.17. The van der Waals surface area contributed by atoms with Crippen LogP contribution in [0.4, 0.5) is 0 Å². The monoisotopic (exact) mass is 157 g/mol. The molecule has 0 aliphatic heterocycles. The summed E-state index contributed by atoms with van der Waals surface area (Å²) in [6, 6.07) is 0. The average Bonchev–Trinajstić information content (AvgIpc) is 1.86. The van der Waals surface area contributed by atoms with Crippen LogP contribution in [0.15, 0.2) is 16.5 Å². The molecule has 0 amide bonds. The van der Waals surface area contributed by atoms with Crippen LogP contribution < -0.4 is 0 Å². The van der Waals surface area contributed by atoms with Crippen LogP contribution >= 0.6 is 11.8 Å². The number of thioether (sulfide) groups is 1. The largest absolute Gasteiger partial charge is 0.286 e. The molecule has 0 radical (unpaired) electrons. The molecular weight excluding hydrogens is 142 g/mol. The topological polar surface area (TPSA) is 12.4 Å². The molecule has 0 aromatic heterocycles. The van der Waals surface area contributed by atoms with Gasteiger partial charge in [-0.3, -0.25) is 4.99 Å². The standard InChI is InChI=1S/C8H15NS/c1-5-6-8(9-4)10-7(2)3/h2,5-6H2,1,3-4H3. The lowest BCUT2D eigenvalue weighted by Crippen LogP contribution is -1.89. The molecule has 0 atom stereocenters. The Bertz CT molecular complexity index is 138. The lowest BCUT2D eigenvalue weighted by atomic mass is 10.4. The van der Waals surface area contributed by atoms with E-state index in [4.69, 9.17) is 0 Å². The third-order valence-corrected chi connectivity index (χ3v) is 1.98. The number of aliphatic imine (C=N–C) groups is 1.